The Bertz CT molecular complexity index is 1070. The van der Waals surface area contributed by atoms with Crippen molar-refractivity contribution in [3.05, 3.63) is 95.6 Å². The van der Waals surface area contributed by atoms with E-state index in [2.05, 4.69) is 10.1 Å². The van der Waals surface area contributed by atoms with E-state index < -0.39 is 6.36 Å². The molecule has 1 aliphatic rings. The summed E-state index contributed by atoms with van der Waals surface area (Å²) in [6, 6.07) is 23.6. The number of nitrogens with one attached hydrogen (secondary N) is 1. The van der Waals surface area contributed by atoms with Crippen LogP contribution < -0.4 is 14.8 Å². The number of hydrogen-bond donors (Lipinski definition) is 1. The molecule has 5 nitrogen and oxygen atoms in total. The third-order valence-electron chi connectivity index (χ3n) is 5.77. The number of benzene rings is 3. The number of halogens is 4. The molecular formula is C26H26ClF3N2O3. The number of carbonyl (C=O) groups is 1. The molecule has 1 heterocycles. The fraction of sp³-hybridized carbons (Fsp3) is 0.269. The van der Waals surface area contributed by atoms with Crippen molar-refractivity contribution >= 4 is 18.3 Å². The number of nitrogens with zero attached hydrogens (tertiary/aromatic N) is 1. The Morgan fingerprint density at radius 2 is 1.60 bits per heavy atom. The van der Waals surface area contributed by atoms with Gasteiger partial charge in [-0.25, -0.2) is 0 Å². The Kier molecular flexibility index (Phi) is 8.64. The number of methoxy groups -OCH3 is 1. The van der Waals surface area contributed by atoms with Gasteiger partial charge in [-0.2, -0.15) is 0 Å². The Hall–Kier alpha value is -3.23. The Balaban J connectivity index is 0.00000342. The second kappa shape index (κ2) is 11.5. The van der Waals surface area contributed by atoms with E-state index in [9.17, 15) is 18.0 Å². The largest absolute Gasteiger partial charge is 0.573 e. The van der Waals surface area contributed by atoms with Gasteiger partial charge in [0, 0.05) is 24.6 Å². The van der Waals surface area contributed by atoms with Gasteiger partial charge in [0.2, 0.25) is 5.91 Å². The van der Waals surface area contributed by atoms with Crippen LogP contribution >= 0.6 is 12.4 Å². The van der Waals surface area contributed by atoms with Gasteiger partial charge < -0.3 is 14.8 Å². The number of alkyl halides is 3. The summed E-state index contributed by atoms with van der Waals surface area (Å²) in [6.07, 6.45) is -4.79. The van der Waals surface area contributed by atoms with Crippen LogP contribution in [0.5, 0.6) is 11.5 Å². The quantitative estimate of drug-likeness (QED) is 0.481. The van der Waals surface area contributed by atoms with Gasteiger partial charge in [-0.05, 0) is 29.3 Å². The number of carbonyl (C=O) groups excluding carboxylic acids is 1. The van der Waals surface area contributed by atoms with Crippen molar-refractivity contribution in [2.45, 2.75) is 24.9 Å². The molecule has 0 aromatic heterocycles. The molecule has 0 radical (unpaired) electrons. The van der Waals surface area contributed by atoms with E-state index in [4.69, 9.17) is 4.74 Å². The van der Waals surface area contributed by atoms with Crippen molar-refractivity contribution in [3.63, 3.8) is 0 Å². The topological polar surface area (TPSA) is 50.8 Å². The SMILES string of the molecule is COc1ccc(OC(F)(F)F)cc1CN1CC(=O)NC(C(c2ccccc2)c2ccccc2)C1.Cl. The van der Waals surface area contributed by atoms with Crippen molar-refractivity contribution in [2.24, 2.45) is 0 Å². The van der Waals surface area contributed by atoms with Crippen LogP contribution in [0.2, 0.25) is 0 Å². The third-order valence-corrected chi connectivity index (χ3v) is 5.77. The van der Waals surface area contributed by atoms with Crippen molar-refractivity contribution in [3.8, 4) is 11.5 Å². The van der Waals surface area contributed by atoms with Gasteiger partial charge in [0.05, 0.1) is 19.7 Å². The summed E-state index contributed by atoms with van der Waals surface area (Å²) >= 11 is 0. The predicted molar refractivity (Wildman–Crippen MR) is 129 cm³/mol. The van der Waals surface area contributed by atoms with Gasteiger partial charge in [0.15, 0.2) is 0 Å². The summed E-state index contributed by atoms with van der Waals surface area (Å²) in [5, 5.41) is 3.11. The van der Waals surface area contributed by atoms with Gasteiger partial charge in [0.25, 0.3) is 0 Å². The van der Waals surface area contributed by atoms with Crippen LogP contribution in [-0.2, 0) is 11.3 Å². The molecule has 1 unspecified atom stereocenters. The third kappa shape index (κ3) is 6.90. The van der Waals surface area contributed by atoms with Gasteiger partial charge in [-0.15, -0.1) is 25.6 Å². The summed E-state index contributed by atoms with van der Waals surface area (Å²) in [5.41, 5.74) is 2.65. The first kappa shape index (κ1) is 26.4. The Morgan fingerprint density at radius 1 is 1.00 bits per heavy atom. The molecule has 3 aromatic carbocycles. The van der Waals surface area contributed by atoms with E-state index in [-0.39, 0.29) is 49.1 Å². The highest BCUT2D eigenvalue weighted by molar-refractivity contribution is 5.85. The number of piperazine rings is 1. The molecule has 186 valence electrons. The van der Waals surface area contributed by atoms with E-state index >= 15 is 0 Å². The zero-order valence-corrected chi connectivity index (χ0v) is 19.8. The Morgan fingerprint density at radius 3 is 2.14 bits per heavy atom. The van der Waals surface area contributed by atoms with Gasteiger partial charge in [-0.3, -0.25) is 9.69 Å². The molecule has 4 rings (SSSR count). The minimum absolute atomic E-state index is 0. The highest BCUT2D eigenvalue weighted by atomic mass is 35.5. The molecular weight excluding hydrogens is 481 g/mol. The van der Waals surface area contributed by atoms with Gasteiger partial charge in [0.1, 0.15) is 11.5 Å². The number of rotatable bonds is 7. The predicted octanol–water partition coefficient (Wildman–Crippen LogP) is 5.15. The normalized spacial score (nSPS) is 16.4. The fourth-order valence-corrected chi connectivity index (χ4v) is 4.45. The molecule has 0 spiro atoms. The molecule has 3 aromatic rings. The maximum absolute atomic E-state index is 12.7. The summed E-state index contributed by atoms with van der Waals surface area (Å²) in [6.45, 7) is 0.868. The minimum atomic E-state index is -4.79. The lowest BCUT2D eigenvalue weighted by molar-refractivity contribution is -0.274. The van der Waals surface area contributed by atoms with E-state index in [1.54, 1.807) is 0 Å². The van der Waals surface area contributed by atoms with Crippen molar-refractivity contribution in [1.29, 1.82) is 0 Å². The first-order valence-electron chi connectivity index (χ1n) is 10.9. The molecule has 1 N–H and O–H groups in total. The van der Waals surface area contributed by atoms with Crippen molar-refractivity contribution in [1.82, 2.24) is 10.2 Å². The second-order valence-corrected chi connectivity index (χ2v) is 8.16. The first-order chi connectivity index (χ1) is 16.3. The number of amides is 1. The van der Waals surface area contributed by atoms with Crippen LogP contribution in [0.1, 0.15) is 22.6 Å². The lowest BCUT2D eigenvalue weighted by Gasteiger charge is -2.38. The van der Waals surface area contributed by atoms with Crippen molar-refractivity contribution < 1.29 is 27.4 Å². The average molecular weight is 507 g/mol. The maximum atomic E-state index is 12.7. The zero-order valence-electron chi connectivity index (χ0n) is 19.0. The molecule has 1 fully saturated rings. The van der Waals surface area contributed by atoms with Crippen LogP contribution in [0, 0.1) is 0 Å². The molecule has 1 amide bonds. The van der Waals surface area contributed by atoms with E-state index in [1.807, 2.05) is 65.6 Å². The summed E-state index contributed by atoms with van der Waals surface area (Å²) < 4.78 is 47.6. The standard InChI is InChI=1S/C26H25F3N2O3.ClH/c1-33-23-13-12-21(34-26(27,28)29)14-20(23)15-31-16-22(30-24(32)17-31)25(18-8-4-2-5-9-18)19-10-6-3-7-11-19;/h2-14,22,25H,15-17H2,1H3,(H,30,32);1H. The molecule has 1 atom stereocenters. The molecule has 9 heteroatoms. The van der Waals surface area contributed by atoms with Crippen LogP contribution in [-0.4, -0.2) is 43.4 Å². The lowest BCUT2D eigenvalue weighted by Crippen LogP contribution is -2.56. The number of ether oxygens (including phenoxy) is 2. The molecule has 0 bridgehead atoms. The minimum Gasteiger partial charge on any atom is -0.496 e. The lowest BCUT2D eigenvalue weighted by atomic mass is 9.84. The van der Waals surface area contributed by atoms with E-state index in [0.29, 0.717) is 17.9 Å². The highest BCUT2D eigenvalue weighted by Crippen LogP contribution is 2.32. The molecule has 0 saturated carbocycles. The molecule has 0 aliphatic carbocycles. The van der Waals surface area contributed by atoms with E-state index in [0.717, 1.165) is 11.1 Å². The maximum Gasteiger partial charge on any atom is 0.573 e. The van der Waals surface area contributed by atoms with Crippen LogP contribution in [0.4, 0.5) is 13.2 Å². The van der Waals surface area contributed by atoms with E-state index in [1.165, 1.54) is 25.3 Å². The summed E-state index contributed by atoms with van der Waals surface area (Å²) in [5.74, 6) is -0.127. The zero-order chi connectivity index (χ0) is 24.1. The first-order valence-corrected chi connectivity index (χ1v) is 10.9. The van der Waals surface area contributed by atoms with Crippen LogP contribution in [0.3, 0.4) is 0 Å². The highest BCUT2D eigenvalue weighted by Gasteiger charge is 2.34. The van der Waals surface area contributed by atoms with Gasteiger partial charge >= 0.3 is 6.36 Å². The van der Waals surface area contributed by atoms with Crippen LogP contribution in [0.15, 0.2) is 78.9 Å². The number of hydrogen-bond acceptors (Lipinski definition) is 4. The molecule has 1 saturated heterocycles. The molecule has 1 aliphatic heterocycles. The van der Waals surface area contributed by atoms with Crippen LogP contribution in [0.25, 0.3) is 0 Å². The Labute approximate surface area is 208 Å². The second-order valence-electron chi connectivity index (χ2n) is 8.16. The summed E-state index contributed by atoms with van der Waals surface area (Å²) in [4.78, 5) is 14.6. The van der Waals surface area contributed by atoms with Crippen molar-refractivity contribution in [2.75, 3.05) is 20.2 Å². The summed E-state index contributed by atoms with van der Waals surface area (Å²) in [7, 11) is 1.45. The fourth-order valence-electron chi connectivity index (χ4n) is 4.45. The average Bonchev–Trinajstić information content (AvgIpc) is 2.79. The monoisotopic (exact) mass is 506 g/mol. The smallest absolute Gasteiger partial charge is 0.496 e. The van der Waals surface area contributed by atoms with Gasteiger partial charge in [-0.1, -0.05) is 60.7 Å². The molecule has 35 heavy (non-hydrogen) atoms.